The summed E-state index contributed by atoms with van der Waals surface area (Å²) in [4.78, 5) is 0. The van der Waals surface area contributed by atoms with Gasteiger partial charge in [0.15, 0.2) is 0 Å². The summed E-state index contributed by atoms with van der Waals surface area (Å²) in [6.45, 7) is 7.53. The van der Waals surface area contributed by atoms with Gasteiger partial charge in [0.2, 0.25) is 10.0 Å². The lowest BCUT2D eigenvalue weighted by Gasteiger charge is -2.60. The van der Waals surface area contributed by atoms with Crippen LogP contribution in [-0.2, 0) is 10.0 Å². The van der Waals surface area contributed by atoms with Gasteiger partial charge in [0, 0.05) is 26.2 Å². The molecule has 1 saturated heterocycles. The molecular formula is C14H26N2O2S. The van der Waals surface area contributed by atoms with E-state index >= 15 is 0 Å². The number of sulfonamides is 1. The maximum absolute atomic E-state index is 12.5. The summed E-state index contributed by atoms with van der Waals surface area (Å²) in [5.41, 5.74) is 0.377. The van der Waals surface area contributed by atoms with Crippen molar-refractivity contribution in [1.29, 1.82) is 0 Å². The molecule has 0 amide bonds. The molecule has 0 unspecified atom stereocenters. The second-order valence-electron chi connectivity index (χ2n) is 7.13. The van der Waals surface area contributed by atoms with Crippen LogP contribution in [0.3, 0.4) is 0 Å². The number of piperazine rings is 1. The van der Waals surface area contributed by atoms with Gasteiger partial charge >= 0.3 is 0 Å². The highest BCUT2D eigenvalue weighted by Gasteiger charge is 2.54. The van der Waals surface area contributed by atoms with E-state index in [1.807, 2.05) is 0 Å². The first-order chi connectivity index (χ1) is 8.91. The molecule has 5 heteroatoms. The highest BCUT2D eigenvalue weighted by Crippen LogP contribution is 2.61. The molecule has 110 valence electrons. The van der Waals surface area contributed by atoms with Crippen LogP contribution in [0.4, 0.5) is 0 Å². The number of rotatable bonds is 3. The van der Waals surface area contributed by atoms with Crippen molar-refractivity contribution < 1.29 is 8.42 Å². The van der Waals surface area contributed by atoms with E-state index in [1.165, 1.54) is 12.8 Å². The summed E-state index contributed by atoms with van der Waals surface area (Å²) in [5, 5.41) is 3.21. The zero-order valence-electron chi connectivity index (χ0n) is 12.1. The Hall–Kier alpha value is -0.130. The van der Waals surface area contributed by atoms with E-state index in [0.717, 1.165) is 25.4 Å². The summed E-state index contributed by atoms with van der Waals surface area (Å²) in [7, 11) is -3.05. The van der Waals surface area contributed by atoms with Crippen molar-refractivity contribution in [3.63, 3.8) is 0 Å². The van der Waals surface area contributed by atoms with Gasteiger partial charge < -0.3 is 5.32 Å². The molecule has 0 aromatic carbocycles. The van der Waals surface area contributed by atoms with Gasteiger partial charge in [-0.05, 0) is 42.4 Å². The molecule has 2 bridgehead atoms. The topological polar surface area (TPSA) is 49.4 Å². The monoisotopic (exact) mass is 286 g/mol. The largest absolute Gasteiger partial charge is 0.314 e. The van der Waals surface area contributed by atoms with Gasteiger partial charge in [0.05, 0.1) is 5.75 Å². The first-order valence-corrected chi connectivity index (χ1v) is 9.21. The van der Waals surface area contributed by atoms with Crippen molar-refractivity contribution in [3.8, 4) is 0 Å². The lowest BCUT2D eigenvalue weighted by molar-refractivity contribution is -0.0979. The third-order valence-electron chi connectivity index (χ3n) is 5.90. The van der Waals surface area contributed by atoms with Gasteiger partial charge in [0.25, 0.3) is 0 Å². The summed E-state index contributed by atoms with van der Waals surface area (Å²) in [6, 6.07) is 0. The third kappa shape index (κ3) is 2.34. The van der Waals surface area contributed by atoms with Gasteiger partial charge in [-0.25, -0.2) is 8.42 Å². The highest BCUT2D eigenvalue weighted by molar-refractivity contribution is 7.89. The Morgan fingerprint density at radius 2 is 1.89 bits per heavy atom. The predicted molar refractivity (Wildman–Crippen MR) is 76.3 cm³/mol. The van der Waals surface area contributed by atoms with Crippen molar-refractivity contribution in [1.82, 2.24) is 9.62 Å². The Balaban J connectivity index is 1.67. The molecule has 4 rings (SSSR count). The van der Waals surface area contributed by atoms with Gasteiger partial charge in [-0.15, -0.1) is 0 Å². The molecule has 3 aliphatic carbocycles. The molecule has 3 saturated carbocycles. The van der Waals surface area contributed by atoms with Crippen LogP contribution >= 0.6 is 0 Å². The van der Waals surface area contributed by atoms with Gasteiger partial charge in [-0.2, -0.15) is 4.31 Å². The van der Waals surface area contributed by atoms with Gasteiger partial charge in [0.1, 0.15) is 0 Å². The normalized spacial score (nSPS) is 38.7. The summed E-state index contributed by atoms with van der Waals surface area (Å²) in [5.74, 6) is 2.24. The van der Waals surface area contributed by atoms with Crippen molar-refractivity contribution in [2.75, 3.05) is 31.9 Å². The van der Waals surface area contributed by atoms with Crippen molar-refractivity contribution in [2.24, 2.45) is 23.2 Å². The van der Waals surface area contributed by atoms with Crippen LogP contribution in [0.25, 0.3) is 0 Å². The molecule has 1 N–H and O–H groups in total. The predicted octanol–water partition coefficient (Wildman–Crippen LogP) is 1.29. The molecule has 1 heterocycles. The van der Waals surface area contributed by atoms with Crippen LogP contribution in [0, 0.1) is 23.2 Å². The van der Waals surface area contributed by atoms with E-state index in [4.69, 9.17) is 0 Å². The zero-order valence-corrected chi connectivity index (χ0v) is 12.9. The van der Waals surface area contributed by atoms with Crippen molar-refractivity contribution in [3.05, 3.63) is 0 Å². The fraction of sp³-hybridized carbons (Fsp3) is 1.00. The molecule has 4 aliphatic rings. The Morgan fingerprint density at radius 3 is 2.47 bits per heavy atom. The van der Waals surface area contributed by atoms with E-state index in [0.29, 0.717) is 36.1 Å². The molecule has 1 aliphatic heterocycles. The standard InChI is InChI=1S/C14H26N2O2S/c1-14(2)12-4-3-11(13(14)9-12)10-19(17,18)16-7-5-15-6-8-16/h11-13,15H,3-10H2,1-2H3/t11-,12-,13-/m0/s1. The number of nitrogens with one attached hydrogen (secondary N) is 1. The van der Waals surface area contributed by atoms with E-state index in [1.54, 1.807) is 4.31 Å². The smallest absolute Gasteiger partial charge is 0.214 e. The molecule has 19 heavy (non-hydrogen) atoms. The van der Waals surface area contributed by atoms with Crippen LogP contribution in [0.5, 0.6) is 0 Å². The first-order valence-electron chi connectivity index (χ1n) is 7.60. The lowest BCUT2D eigenvalue weighted by atomic mass is 9.46. The van der Waals surface area contributed by atoms with Crippen molar-refractivity contribution >= 4 is 10.0 Å². The van der Waals surface area contributed by atoms with Crippen LogP contribution in [0.1, 0.15) is 33.1 Å². The molecule has 3 atom stereocenters. The minimum absolute atomic E-state index is 0.377. The Kier molecular flexibility index (Phi) is 3.43. The van der Waals surface area contributed by atoms with E-state index in [9.17, 15) is 8.42 Å². The van der Waals surface area contributed by atoms with E-state index in [-0.39, 0.29) is 0 Å². The van der Waals surface area contributed by atoms with Crippen LogP contribution in [0.15, 0.2) is 0 Å². The molecule has 4 fully saturated rings. The second kappa shape index (κ2) is 4.71. The van der Waals surface area contributed by atoms with Crippen LogP contribution < -0.4 is 5.32 Å². The quantitative estimate of drug-likeness (QED) is 0.850. The van der Waals surface area contributed by atoms with Crippen LogP contribution in [-0.4, -0.2) is 44.7 Å². The average Bonchev–Trinajstić information content (AvgIpc) is 2.39. The van der Waals surface area contributed by atoms with Gasteiger partial charge in [-0.1, -0.05) is 13.8 Å². The van der Waals surface area contributed by atoms with E-state index < -0.39 is 10.0 Å². The van der Waals surface area contributed by atoms with E-state index in [2.05, 4.69) is 19.2 Å². The molecule has 0 radical (unpaired) electrons. The molecule has 4 nitrogen and oxygen atoms in total. The Labute approximate surface area is 117 Å². The number of hydrogen-bond donors (Lipinski definition) is 1. The second-order valence-corrected chi connectivity index (χ2v) is 9.14. The molecule has 0 aromatic rings. The number of fused-ring (bicyclic) bond motifs is 2. The maximum Gasteiger partial charge on any atom is 0.214 e. The fourth-order valence-electron chi connectivity index (χ4n) is 4.46. The Morgan fingerprint density at radius 1 is 1.21 bits per heavy atom. The molecule has 0 aromatic heterocycles. The van der Waals surface area contributed by atoms with Gasteiger partial charge in [-0.3, -0.25) is 0 Å². The molecular weight excluding hydrogens is 260 g/mol. The maximum atomic E-state index is 12.5. The molecule has 0 spiro atoms. The third-order valence-corrected chi connectivity index (χ3v) is 7.90. The van der Waals surface area contributed by atoms with Crippen LogP contribution in [0.2, 0.25) is 0 Å². The summed E-state index contributed by atoms with van der Waals surface area (Å²) >= 11 is 0. The fourth-order valence-corrected chi connectivity index (χ4v) is 6.35. The number of nitrogens with zero attached hydrogens (tertiary/aromatic N) is 1. The SMILES string of the molecule is CC1(C)[C@H]2CC[C@@H](CS(=O)(=O)N3CCNCC3)[C@@H]1C2. The number of hydrogen-bond acceptors (Lipinski definition) is 3. The summed E-state index contributed by atoms with van der Waals surface area (Å²) in [6.07, 6.45) is 3.60. The minimum atomic E-state index is -3.05. The lowest BCUT2D eigenvalue weighted by Crippen LogP contribution is -2.55. The van der Waals surface area contributed by atoms with Crippen molar-refractivity contribution in [2.45, 2.75) is 33.1 Å². The first kappa shape index (κ1) is 13.8. The average molecular weight is 286 g/mol. The summed E-state index contributed by atoms with van der Waals surface area (Å²) < 4.78 is 26.7. The zero-order chi connectivity index (χ0) is 13.7. The minimum Gasteiger partial charge on any atom is -0.314 e. The Bertz CT molecular complexity index is 438. The highest BCUT2D eigenvalue weighted by atomic mass is 32.2.